The minimum atomic E-state index is -1.28. The molecular weight excluding hydrogens is 442 g/mol. The molecule has 0 saturated heterocycles. The SMILES string of the molecule is CCCC/C=C/CCCC(O)C(O)C(CO)NC(=O)C(O)CCCC/C=C\CCCCCCCC. The third-order valence-corrected chi connectivity index (χ3v) is 6.38. The van der Waals surface area contributed by atoms with Crippen molar-refractivity contribution in [2.24, 2.45) is 0 Å². The third-order valence-electron chi connectivity index (χ3n) is 6.38. The van der Waals surface area contributed by atoms with Crippen molar-refractivity contribution in [2.75, 3.05) is 6.61 Å². The van der Waals surface area contributed by atoms with Crippen molar-refractivity contribution >= 4 is 5.91 Å². The first-order valence-electron chi connectivity index (χ1n) is 14.2. The van der Waals surface area contributed by atoms with E-state index in [-0.39, 0.29) is 0 Å². The van der Waals surface area contributed by atoms with Crippen LogP contribution in [-0.2, 0) is 4.79 Å². The van der Waals surface area contributed by atoms with Crippen molar-refractivity contribution in [1.29, 1.82) is 0 Å². The lowest BCUT2D eigenvalue weighted by Gasteiger charge is -2.27. The molecule has 0 heterocycles. The van der Waals surface area contributed by atoms with Crippen LogP contribution in [0.3, 0.4) is 0 Å². The summed E-state index contributed by atoms with van der Waals surface area (Å²) in [5, 5.41) is 42.8. The smallest absolute Gasteiger partial charge is 0.249 e. The minimum absolute atomic E-state index is 0.332. The molecular formula is C29H55NO5. The number of allylic oxidation sites excluding steroid dienone is 4. The average molecular weight is 498 g/mol. The van der Waals surface area contributed by atoms with Crippen molar-refractivity contribution in [3.8, 4) is 0 Å². The largest absolute Gasteiger partial charge is 0.394 e. The Labute approximate surface area is 214 Å². The van der Waals surface area contributed by atoms with E-state index in [0.29, 0.717) is 19.3 Å². The summed E-state index contributed by atoms with van der Waals surface area (Å²) < 4.78 is 0. The van der Waals surface area contributed by atoms with Gasteiger partial charge in [0.05, 0.1) is 18.8 Å². The maximum absolute atomic E-state index is 12.3. The summed E-state index contributed by atoms with van der Waals surface area (Å²) in [7, 11) is 0. The van der Waals surface area contributed by atoms with Gasteiger partial charge in [-0.2, -0.15) is 0 Å². The van der Waals surface area contributed by atoms with Gasteiger partial charge in [-0.3, -0.25) is 4.79 Å². The maximum Gasteiger partial charge on any atom is 0.249 e. The van der Waals surface area contributed by atoms with Gasteiger partial charge < -0.3 is 25.7 Å². The number of carbonyl (C=O) groups is 1. The molecule has 0 aliphatic heterocycles. The van der Waals surface area contributed by atoms with Crippen LogP contribution in [0.15, 0.2) is 24.3 Å². The highest BCUT2D eigenvalue weighted by molar-refractivity contribution is 5.80. The molecule has 0 aliphatic rings. The normalized spacial score (nSPS) is 15.5. The summed E-state index contributed by atoms with van der Waals surface area (Å²) in [6.07, 6.45) is 22.2. The van der Waals surface area contributed by atoms with Gasteiger partial charge in [0.2, 0.25) is 5.91 Å². The van der Waals surface area contributed by atoms with Crippen LogP contribution in [0.4, 0.5) is 0 Å². The van der Waals surface area contributed by atoms with E-state index in [4.69, 9.17) is 0 Å². The van der Waals surface area contributed by atoms with Gasteiger partial charge in [0.15, 0.2) is 0 Å². The quantitative estimate of drug-likeness (QED) is 0.0914. The summed E-state index contributed by atoms with van der Waals surface area (Å²) in [4.78, 5) is 12.3. The van der Waals surface area contributed by atoms with Crippen LogP contribution < -0.4 is 5.32 Å². The number of aliphatic hydroxyl groups is 4. The van der Waals surface area contributed by atoms with Gasteiger partial charge in [-0.05, 0) is 57.8 Å². The molecule has 0 radical (unpaired) electrons. The van der Waals surface area contributed by atoms with Crippen LogP contribution in [0.25, 0.3) is 0 Å². The fourth-order valence-electron chi connectivity index (χ4n) is 3.97. The summed E-state index contributed by atoms with van der Waals surface area (Å²) in [6.45, 7) is 3.88. The summed E-state index contributed by atoms with van der Waals surface area (Å²) in [5.41, 5.74) is 0. The molecule has 1 amide bonds. The molecule has 6 heteroatoms. The van der Waals surface area contributed by atoms with Gasteiger partial charge in [0.1, 0.15) is 12.2 Å². The van der Waals surface area contributed by atoms with Crippen molar-refractivity contribution in [3.63, 3.8) is 0 Å². The van der Waals surface area contributed by atoms with E-state index in [9.17, 15) is 25.2 Å². The fourth-order valence-corrected chi connectivity index (χ4v) is 3.97. The van der Waals surface area contributed by atoms with E-state index in [1.807, 2.05) is 0 Å². The van der Waals surface area contributed by atoms with Crippen LogP contribution in [-0.4, -0.2) is 57.3 Å². The number of carbonyl (C=O) groups excluding carboxylic acids is 1. The first-order valence-corrected chi connectivity index (χ1v) is 14.2. The van der Waals surface area contributed by atoms with E-state index >= 15 is 0 Å². The first-order chi connectivity index (χ1) is 17.0. The number of nitrogens with one attached hydrogen (secondary N) is 1. The lowest BCUT2D eigenvalue weighted by molar-refractivity contribution is -0.132. The number of rotatable bonds is 24. The molecule has 0 bridgehead atoms. The van der Waals surface area contributed by atoms with Gasteiger partial charge in [0, 0.05) is 0 Å². The Hall–Kier alpha value is -1.21. The second-order valence-corrected chi connectivity index (χ2v) is 9.73. The number of aliphatic hydroxyl groups excluding tert-OH is 4. The van der Waals surface area contributed by atoms with Crippen molar-refractivity contribution in [1.82, 2.24) is 5.32 Å². The van der Waals surface area contributed by atoms with E-state index in [2.05, 4.69) is 43.5 Å². The van der Waals surface area contributed by atoms with Crippen LogP contribution in [0.2, 0.25) is 0 Å². The zero-order valence-electron chi connectivity index (χ0n) is 22.5. The summed E-state index contributed by atoms with van der Waals surface area (Å²) >= 11 is 0. The molecule has 0 saturated carbocycles. The van der Waals surface area contributed by atoms with E-state index < -0.39 is 36.9 Å². The molecule has 5 N–H and O–H groups in total. The molecule has 0 aliphatic carbocycles. The standard InChI is InChI=1S/C29H55NO5/c1-3-5-7-9-11-12-13-14-15-17-19-21-23-27(33)29(35)30-25(24-31)28(34)26(32)22-20-18-16-10-8-6-4-2/h10,14-16,25-28,31-34H,3-9,11-13,17-24H2,1-2H3,(H,30,35)/b15-14-,16-10+. The molecule has 206 valence electrons. The Morgan fingerprint density at radius 2 is 1.20 bits per heavy atom. The van der Waals surface area contributed by atoms with E-state index in [1.165, 1.54) is 38.5 Å². The minimum Gasteiger partial charge on any atom is -0.394 e. The zero-order valence-corrected chi connectivity index (χ0v) is 22.5. The predicted molar refractivity (Wildman–Crippen MR) is 145 cm³/mol. The molecule has 4 atom stereocenters. The number of hydrogen-bond donors (Lipinski definition) is 5. The Balaban J connectivity index is 4.02. The lowest BCUT2D eigenvalue weighted by Crippen LogP contribution is -2.53. The lowest BCUT2D eigenvalue weighted by atomic mass is 10.00. The van der Waals surface area contributed by atoms with E-state index in [1.54, 1.807) is 0 Å². The highest BCUT2D eigenvalue weighted by atomic mass is 16.3. The fraction of sp³-hybridized carbons (Fsp3) is 0.828. The van der Waals surface area contributed by atoms with Gasteiger partial charge >= 0.3 is 0 Å². The van der Waals surface area contributed by atoms with Gasteiger partial charge in [-0.1, -0.05) is 89.5 Å². The Kier molecular flexibility index (Phi) is 23.6. The van der Waals surface area contributed by atoms with Gasteiger partial charge in [0.25, 0.3) is 0 Å². The highest BCUT2D eigenvalue weighted by Crippen LogP contribution is 2.12. The molecule has 0 aromatic rings. The number of hydrogen-bond acceptors (Lipinski definition) is 5. The van der Waals surface area contributed by atoms with E-state index in [0.717, 1.165) is 51.4 Å². The monoisotopic (exact) mass is 497 g/mol. The third kappa shape index (κ3) is 19.6. The maximum atomic E-state index is 12.3. The molecule has 6 nitrogen and oxygen atoms in total. The van der Waals surface area contributed by atoms with Crippen molar-refractivity contribution in [2.45, 2.75) is 147 Å². The summed E-state index contributed by atoms with van der Waals surface area (Å²) in [5.74, 6) is -0.618. The van der Waals surface area contributed by atoms with Gasteiger partial charge in [-0.25, -0.2) is 0 Å². The molecule has 0 fully saturated rings. The summed E-state index contributed by atoms with van der Waals surface area (Å²) in [6, 6.07) is -1.00. The number of unbranched alkanes of at least 4 members (excludes halogenated alkanes) is 11. The van der Waals surface area contributed by atoms with Crippen LogP contribution in [0, 0.1) is 0 Å². The second kappa shape index (κ2) is 24.5. The number of amides is 1. The Morgan fingerprint density at radius 3 is 1.80 bits per heavy atom. The van der Waals surface area contributed by atoms with Crippen molar-refractivity contribution < 1.29 is 25.2 Å². The average Bonchev–Trinajstić information content (AvgIpc) is 2.86. The molecule has 4 unspecified atom stereocenters. The topological polar surface area (TPSA) is 110 Å². The molecule has 0 rings (SSSR count). The van der Waals surface area contributed by atoms with Crippen molar-refractivity contribution in [3.05, 3.63) is 24.3 Å². The Morgan fingerprint density at radius 1 is 0.686 bits per heavy atom. The predicted octanol–water partition coefficient (Wildman–Crippen LogP) is 5.33. The van der Waals surface area contributed by atoms with Crippen LogP contribution >= 0.6 is 0 Å². The Bertz CT molecular complexity index is 537. The second-order valence-electron chi connectivity index (χ2n) is 9.73. The molecule has 0 aromatic carbocycles. The molecule has 0 aromatic heterocycles. The highest BCUT2D eigenvalue weighted by Gasteiger charge is 2.28. The van der Waals surface area contributed by atoms with Gasteiger partial charge in [-0.15, -0.1) is 0 Å². The zero-order chi connectivity index (χ0) is 26.2. The molecule has 35 heavy (non-hydrogen) atoms. The van der Waals surface area contributed by atoms with Crippen LogP contribution in [0.5, 0.6) is 0 Å². The van der Waals surface area contributed by atoms with Crippen LogP contribution in [0.1, 0.15) is 123 Å². The molecule has 0 spiro atoms. The first kappa shape index (κ1) is 33.8.